The summed E-state index contributed by atoms with van der Waals surface area (Å²) in [6.07, 6.45) is -8.65. The van der Waals surface area contributed by atoms with Crippen LogP contribution in [0.3, 0.4) is 0 Å². The van der Waals surface area contributed by atoms with Crippen molar-refractivity contribution in [2.45, 2.75) is 94.1 Å². The minimum Gasteiger partial charge on any atom is -0.385 e. The molecule has 0 aromatic heterocycles. The number of rotatable bonds is 17. The molecule has 0 aliphatic carbocycles. The average Bonchev–Trinajstić information content (AvgIpc) is 3.30. The number of aliphatic hydroxyl groups excluding tert-OH is 1. The molecule has 11 heteroatoms. The van der Waals surface area contributed by atoms with Crippen LogP contribution in [0, 0.1) is 0 Å². The summed E-state index contributed by atoms with van der Waals surface area (Å²) >= 11 is 0. The van der Waals surface area contributed by atoms with Crippen molar-refractivity contribution in [2.24, 2.45) is 0 Å². The first-order valence-electron chi connectivity index (χ1n) is 20.2. The van der Waals surface area contributed by atoms with Crippen LogP contribution in [-0.4, -0.2) is 86.8 Å². The molecule has 310 valence electrons. The lowest BCUT2D eigenvalue weighted by Gasteiger charge is -2.48. The highest BCUT2D eigenvalue weighted by atomic mass is 16.8. The molecule has 11 atom stereocenters. The van der Waals surface area contributed by atoms with Gasteiger partial charge in [-0.15, -0.1) is 0 Å². The van der Waals surface area contributed by atoms with Gasteiger partial charge in [-0.1, -0.05) is 152 Å². The molecular weight excluding hydrogens is 753 g/mol. The second-order valence-corrected chi connectivity index (χ2v) is 14.9. The Balaban J connectivity index is 1.04. The highest BCUT2D eigenvalue weighted by Gasteiger charge is 2.53. The molecule has 0 saturated carbocycles. The van der Waals surface area contributed by atoms with E-state index in [4.69, 9.17) is 47.4 Å². The van der Waals surface area contributed by atoms with Crippen LogP contribution in [0.15, 0.2) is 152 Å². The molecule has 3 heterocycles. The van der Waals surface area contributed by atoms with Crippen molar-refractivity contribution in [3.8, 4) is 0 Å². The van der Waals surface area contributed by atoms with Crippen LogP contribution in [0.25, 0.3) is 0 Å². The standard InChI is InChI=1S/C48H52O11/c1-50-48-45(54-30-36-23-13-5-14-24-36)44(53-29-35-21-11-4-12-22-35)41(51-27-33-17-7-2-8-18-33)38(58-48)31-56-47-40(49)43(52-28-34-19-9-3-10-20-34)42-39(57-47)32-55-46(59-42)37-25-15-6-16-26-37/h2-26,38-49H,27-32H2,1H3/t38-,39-,40+,41-,42-,43-,44+,45-,46-,47-,48+/m1/s1. The van der Waals surface area contributed by atoms with Gasteiger partial charge in [-0.05, 0) is 22.3 Å². The van der Waals surface area contributed by atoms with Gasteiger partial charge in [0.2, 0.25) is 0 Å². The van der Waals surface area contributed by atoms with Crippen LogP contribution in [0.5, 0.6) is 0 Å². The maximum Gasteiger partial charge on any atom is 0.186 e. The van der Waals surface area contributed by atoms with Crippen LogP contribution < -0.4 is 0 Å². The van der Waals surface area contributed by atoms with Gasteiger partial charge in [0.05, 0.1) is 39.6 Å². The quantitative estimate of drug-likeness (QED) is 0.106. The van der Waals surface area contributed by atoms with Crippen molar-refractivity contribution in [2.75, 3.05) is 20.3 Å². The van der Waals surface area contributed by atoms with E-state index in [1.807, 2.05) is 152 Å². The van der Waals surface area contributed by atoms with E-state index in [2.05, 4.69) is 0 Å². The third-order valence-corrected chi connectivity index (χ3v) is 10.8. The van der Waals surface area contributed by atoms with Gasteiger partial charge >= 0.3 is 0 Å². The fraction of sp³-hybridized carbons (Fsp3) is 0.375. The molecule has 3 saturated heterocycles. The number of aliphatic hydroxyl groups is 1. The minimum absolute atomic E-state index is 0.0468. The average molecular weight is 805 g/mol. The Kier molecular flexibility index (Phi) is 14.6. The fourth-order valence-corrected chi connectivity index (χ4v) is 7.70. The number of hydrogen-bond acceptors (Lipinski definition) is 11. The zero-order valence-electron chi connectivity index (χ0n) is 33.1. The van der Waals surface area contributed by atoms with Gasteiger partial charge in [0.1, 0.15) is 48.8 Å². The van der Waals surface area contributed by atoms with Gasteiger partial charge in [0.25, 0.3) is 0 Å². The van der Waals surface area contributed by atoms with Crippen molar-refractivity contribution in [3.63, 3.8) is 0 Å². The summed E-state index contributed by atoms with van der Waals surface area (Å²) in [5, 5.41) is 12.0. The van der Waals surface area contributed by atoms with Crippen LogP contribution in [-0.2, 0) is 73.8 Å². The Labute approximate surface area is 345 Å². The first-order chi connectivity index (χ1) is 29.1. The Hall–Kier alpha value is -4.34. The van der Waals surface area contributed by atoms with Crippen molar-refractivity contribution < 1.29 is 52.5 Å². The summed E-state index contributed by atoms with van der Waals surface area (Å²) in [6.45, 7) is 1.28. The maximum atomic E-state index is 12.0. The third kappa shape index (κ3) is 10.7. The maximum absolute atomic E-state index is 12.0. The van der Waals surface area contributed by atoms with E-state index in [1.54, 1.807) is 7.11 Å². The molecule has 0 amide bonds. The van der Waals surface area contributed by atoms with Gasteiger partial charge in [-0.25, -0.2) is 0 Å². The number of benzene rings is 5. The first kappa shape index (κ1) is 41.4. The molecule has 11 nitrogen and oxygen atoms in total. The lowest BCUT2D eigenvalue weighted by Crippen LogP contribution is -2.64. The Morgan fingerprint density at radius 3 is 1.46 bits per heavy atom. The molecule has 59 heavy (non-hydrogen) atoms. The first-order valence-corrected chi connectivity index (χ1v) is 20.2. The monoisotopic (exact) mass is 804 g/mol. The van der Waals surface area contributed by atoms with Gasteiger partial charge in [0.15, 0.2) is 18.9 Å². The number of hydrogen-bond donors (Lipinski definition) is 1. The summed E-state index contributed by atoms with van der Waals surface area (Å²) in [5.74, 6) is 0. The normalized spacial score (nSPS) is 29.4. The molecule has 0 radical (unpaired) electrons. The Bertz CT molecular complexity index is 1940. The topological polar surface area (TPSA) is 113 Å². The van der Waals surface area contributed by atoms with Gasteiger partial charge in [-0.3, -0.25) is 0 Å². The molecular formula is C48H52O11. The van der Waals surface area contributed by atoms with Crippen LogP contribution in [0.2, 0.25) is 0 Å². The highest BCUT2D eigenvalue weighted by molar-refractivity contribution is 5.18. The number of methoxy groups -OCH3 is 1. The second kappa shape index (κ2) is 20.8. The Morgan fingerprint density at radius 1 is 0.492 bits per heavy atom. The van der Waals surface area contributed by atoms with E-state index in [9.17, 15) is 5.11 Å². The molecule has 8 rings (SSSR count). The smallest absolute Gasteiger partial charge is 0.186 e. The summed E-state index contributed by atoms with van der Waals surface area (Å²) < 4.78 is 64.7. The van der Waals surface area contributed by atoms with Gasteiger partial charge < -0.3 is 52.5 Å². The number of ether oxygens (including phenoxy) is 10. The van der Waals surface area contributed by atoms with E-state index in [1.165, 1.54) is 0 Å². The summed E-state index contributed by atoms with van der Waals surface area (Å²) in [6, 6.07) is 49.3. The summed E-state index contributed by atoms with van der Waals surface area (Å²) in [7, 11) is 1.58. The van der Waals surface area contributed by atoms with Crippen molar-refractivity contribution in [1.82, 2.24) is 0 Å². The Morgan fingerprint density at radius 2 is 0.949 bits per heavy atom. The largest absolute Gasteiger partial charge is 0.385 e. The molecule has 0 spiro atoms. The van der Waals surface area contributed by atoms with Gasteiger partial charge in [0, 0.05) is 12.7 Å². The van der Waals surface area contributed by atoms with E-state index < -0.39 is 67.7 Å². The third-order valence-electron chi connectivity index (χ3n) is 10.8. The minimum atomic E-state index is -1.23. The van der Waals surface area contributed by atoms with Crippen LogP contribution in [0.4, 0.5) is 0 Å². The SMILES string of the molecule is CO[C@H]1O[C@H](CO[C@@H]2O[C@@H]3CO[C@@H](c4ccccc4)O[C@H]3[C@H](OCc3ccccc3)[C@@H]2O)[C@@H](OCc2ccccc2)[C@H](OCc2ccccc2)[C@H]1OCc1ccccc1. The molecule has 5 aromatic rings. The lowest BCUT2D eigenvalue weighted by molar-refractivity contribution is -0.375. The highest BCUT2D eigenvalue weighted by Crippen LogP contribution is 2.37. The van der Waals surface area contributed by atoms with Gasteiger partial charge in [-0.2, -0.15) is 0 Å². The summed E-state index contributed by atoms with van der Waals surface area (Å²) in [5.41, 5.74) is 4.78. The predicted octanol–water partition coefficient (Wildman–Crippen LogP) is 6.92. The van der Waals surface area contributed by atoms with Crippen molar-refractivity contribution in [1.29, 1.82) is 0 Å². The van der Waals surface area contributed by atoms with Crippen molar-refractivity contribution >= 4 is 0 Å². The molecule has 5 aromatic carbocycles. The van der Waals surface area contributed by atoms with E-state index >= 15 is 0 Å². The van der Waals surface area contributed by atoms with E-state index in [0.29, 0.717) is 13.2 Å². The molecule has 0 bridgehead atoms. The lowest BCUT2D eigenvalue weighted by atomic mass is 9.96. The zero-order valence-corrected chi connectivity index (χ0v) is 33.1. The molecule has 0 unspecified atom stereocenters. The number of fused-ring (bicyclic) bond motifs is 1. The molecule has 1 N–H and O–H groups in total. The van der Waals surface area contributed by atoms with Crippen LogP contribution >= 0.6 is 0 Å². The predicted molar refractivity (Wildman–Crippen MR) is 216 cm³/mol. The van der Waals surface area contributed by atoms with E-state index in [0.717, 1.165) is 27.8 Å². The van der Waals surface area contributed by atoms with Crippen LogP contribution in [0.1, 0.15) is 34.1 Å². The van der Waals surface area contributed by atoms with E-state index in [-0.39, 0.29) is 26.4 Å². The second-order valence-electron chi connectivity index (χ2n) is 14.9. The molecule has 3 aliphatic rings. The van der Waals surface area contributed by atoms with Crippen molar-refractivity contribution in [3.05, 3.63) is 179 Å². The molecule has 3 aliphatic heterocycles. The summed E-state index contributed by atoms with van der Waals surface area (Å²) in [4.78, 5) is 0. The molecule has 3 fully saturated rings. The zero-order chi connectivity index (χ0) is 40.2. The fourth-order valence-electron chi connectivity index (χ4n) is 7.70.